The molecule has 1 heterocycles. The van der Waals surface area contributed by atoms with E-state index in [1.54, 1.807) is 0 Å². The van der Waals surface area contributed by atoms with E-state index < -0.39 is 0 Å². The Kier molecular flexibility index (Phi) is 5.58. The lowest BCUT2D eigenvalue weighted by atomic mass is 9.97. The second kappa shape index (κ2) is 6.73. The smallest absolute Gasteiger partial charge is 0.219 e. The van der Waals surface area contributed by atoms with Crippen LogP contribution in [0.15, 0.2) is 4.42 Å². The Balaban J connectivity index is 2.42. The van der Waals surface area contributed by atoms with Gasteiger partial charge in [-0.25, -0.2) is 4.98 Å². The monoisotopic (exact) mass is 266 g/mol. The molecule has 0 fully saturated rings. The standard InChI is InChI=1S/C15H26N2O2/c1-6-8-13(18)16-10-7-9-12-11(2)17-14(19-12)15(3,4)5/h6-10H2,1-5H3,(H,16,18). The number of amides is 1. The maximum Gasteiger partial charge on any atom is 0.219 e. The normalized spacial score (nSPS) is 11.6. The van der Waals surface area contributed by atoms with E-state index in [2.05, 4.69) is 31.1 Å². The molecule has 1 aromatic heterocycles. The minimum Gasteiger partial charge on any atom is -0.445 e. The van der Waals surface area contributed by atoms with Gasteiger partial charge in [-0.1, -0.05) is 27.7 Å². The lowest BCUT2D eigenvalue weighted by Crippen LogP contribution is -2.24. The Morgan fingerprint density at radius 3 is 2.58 bits per heavy atom. The summed E-state index contributed by atoms with van der Waals surface area (Å²) in [7, 11) is 0. The fourth-order valence-corrected chi connectivity index (χ4v) is 1.77. The number of aryl methyl sites for hydroxylation is 2. The SMILES string of the molecule is CCCC(=O)NCCCc1oc(C(C)(C)C)nc1C. The van der Waals surface area contributed by atoms with Crippen molar-refractivity contribution < 1.29 is 9.21 Å². The van der Waals surface area contributed by atoms with Crippen molar-refractivity contribution in [1.82, 2.24) is 10.3 Å². The zero-order chi connectivity index (χ0) is 14.5. The average molecular weight is 266 g/mol. The van der Waals surface area contributed by atoms with Crippen molar-refractivity contribution in [1.29, 1.82) is 0 Å². The largest absolute Gasteiger partial charge is 0.445 e. The predicted octanol–water partition coefficient (Wildman–Crippen LogP) is 3.13. The van der Waals surface area contributed by atoms with E-state index in [0.717, 1.165) is 36.6 Å². The van der Waals surface area contributed by atoms with E-state index in [1.165, 1.54) is 0 Å². The molecule has 0 saturated heterocycles. The van der Waals surface area contributed by atoms with Crippen molar-refractivity contribution in [2.24, 2.45) is 0 Å². The van der Waals surface area contributed by atoms with Crippen LogP contribution in [-0.2, 0) is 16.6 Å². The van der Waals surface area contributed by atoms with Gasteiger partial charge in [-0.15, -0.1) is 0 Å². The van der Waals surface area contributed by atoms with Crippen molar-refractivity contribution in [2.75, 3.05) is 6.54 Å². The third-order valence-electron chi connectivity index (χ3n) is 2.91. The molecule has 108 valence electrons. The highest BCUT2D eigenvalue weighted by Crippen LogP contribution is 2.24. The molecule has 0 atom stereocenters. The third kappa shape index (κ3) is 5.05. The molecule has 4 heteroatoms. The van der Waals surface area contributed by atoms with E-state index in [1.807, 2.05) is 13.8 Å². The first-order chi connectivity index (χ1) is 8.84. The first-order valence-corrected chi connectivity index (χ1v) is 7.08. The van der Waals surface area contributed by atoms with Gasteiger partial charge in [-0.3, -0.25) is 4.79 Å². The van der Waals surface area contributed by atoms with Gasteiger partial charge in [0.15, 0.2) is 5.89 Å². The molecule has 0 unspecified atom stereocenters. The summed E-state index contributed by atoms with van der Waals surface area (Å²) in [6, 6.07) is 0. The molecular formula is C15H26N2O2. The summed E-state index contributed by atoms with van der Waals surface area (Å²) >= 11 is 0. The molecule has 0 aromatic carbocycles. The van der Waals surface area contributed by atoms with Crippen LogP contribution in [0.5, 0.6) is 0 Å². The van der Waals surface area contributed by atoms with Crippen molar-refractivity contribution in [3.05, 3.63) is 17.3 Å². The Morgan fingerprint density at radius 2 is 2.05 bits per heavy atom. The number of hydrogen-bond acceptors (Lipinski definition) is 3. The highest BCUT2D eigenvalue weighted by Gasteiger charge is 2.21. The number of oxazole rings is 1. The summed E-state index contributed by atoms with van der Waals surface area (Å²) in [5.41, 5.74) is 0.906. The molecule has 4 nitrogen and oxygen atoms in total. The highest BCUT2D eigenvalue weighted by molar-refractivity contribution is 5.75. The van der Waals surface area contributed by atoms with Crippen LogP contribution >= 0.6 is 0 Å². The molecular weight excluding hydrogens is 240 g/mol. The number of hydrogen-bond donors (Lipinski definition) is 1. The molecule has 0 spiro atoms. The zero-order valence-electron chi connectivity index (χ0n) is 12.8. The van der Waals surface area contributed by atoms with Crippen LogP contribution in [0.3, 0.4) is 0 Å². The van der Waals surface area contributed by atoms with Gasteiger partial charge in [0.05, 0.1) is 5.69 Å². The molecule has 0 aliphatic rings. The Labute approximate surface area is 116 Å². The summed E-state index contributed by atoms with van der Waals surface area (Å²) < 4.78 is 5.81. The van der Waals surface area contributed by atoms with Gasteiger partial charge < -0.3 is 9.73 Å². The number of nitrogens with zero attached hydrogens (tertiary/aromatic N) is 1. The van der Waals surface area contributed by atoms with Gasteiger partial charge in [0.25, 0.3) is 0 Å². The predicted molar refractivity (Wildman–Crippen MR) is 76.2 cm³/mol. The van der Waals surface area contributed by atoms with Gasteiger partial charge in [-0.05, 0) is 19.8 Å². The molecule has 1 N–H and O–H groups in total. The molecule has 0 saturated carbocycles. The Morgan fingerprint density at radius 1 is 1.37 bits per heavy atom. The summed E-state index contributed by atoms with van der Waals surface area (Å²) in [6.45, 7) is 11.0. The van der Waals surface area contributed by atoms with E-state index in [4.69, 9.17) is 4.42 Å². The van der Waals surface area contributed by atoms with Crippen LogP contribution in [0.2, 0.25) is 0 Å². The number of rotatable bonds is 6. The zero-order valence-corrected chi connectivity index (χ0v) is 12.8. The fourth-order valence-electron chi connectivity index (χ4n) is 1.77. The van der Waals surface area contributed by atoms with Crippen molar-refractivity contribution >= 4 is 5.91 Å². The maximum absolute atomic E-state index is 11.3. The van der Waals surface area contributed by atoms with Crippen molar-refractivity contribution in [2.45, 2.75) is 65.7 Å². The molecule has 0 aliphatic carbocycles. The van der Waals surface area contributed by atoms with E-state index >= 15 is 0 Å². The van der Waals surface area contributed by atoms with Crippen LogP contribution < -0.4 is 5.32 Å². The van der Waals surface area contributed by atoms with Crippen LogP contribution in [0.25, 0.3) is 0 Å². The average Bonchev–Trinajstić information content (AvgIpc) is 2.66. The molecule has 1 rings (SSSR count). The van der Waals surface area contributed by atoms with E-state index in [-0.39, 0.29) is 11.3 Å². The lowest BCUT2D eigenvalue weighted by Gasteiger charge is -2.12. The number of nitrogens with one attached hydrogen (secondary N) is 1. The first kappa shape index (κ1) is 15.7. The quantitative estimate of drug-likeness (QED) is 0.805. The summed E-state index contributed by atoms with van der Waals surface area (Å²) in [5.74, 6) is 1.86. The van der Waals surface area contributed by atoms with Crippen LogP contribution in [0.1, 0.15) is 64.3 Å². The van der Waals surface area contributed by atoms with Crippen LogP contribution in [0, 0.1) is 6.92 Å². The van der Waals surface area contributed by atoms with Gasteiger partial charge in [0, 0.05) is 24.8 Å². The number of carbonyl (C=O) groups is 1. The second-order valence-electron chi connectivity index (χ2n) is 5.98. The fraction of sp³-hybridized carbons (Fsp3) is 0.733. The Bertz CT molecular complexity index is 416. The maximum atomic E-state index is 11.3. The third-order valence-corrected chi connectivity index (χ3v) is 2.91. The van der Waals surface area contributed by atoms with Crippen molar-refractivity contribution in [3.63, 3.8) is 0 Å². The van der Waals surface area contributed by atoms with Gasteiger partial charge in [0.2, 0.25) is 5.91 Å². The van der Waals surface area contributed by atoms with Crippen LogP contribution in [0.4, 0.5) is 0 Å². The van der Waals surface area contributed by atoms with Gasteiger partial charge in [0.1, 0.15) is 5.76 Å². The first-order valence-electron chi connectivity index (χ1n) is 7.08. The molecule has 0 radical (unpaired) electrons. The summed E-state index contributed by atoms with van der Waals surface area (Å²) in [6.07, 6.45) is 3.20. The van der Waals surface area contributed by atoms with Gasteiger partial charge >= 0.3 is 0 Å². The molecule has 0 bridgehead atoms. The molecule has 1 amide bonds. The van der Waals surface area contributed by atoms with Crippen LogP contribution in [-0.4, -0.2) is 17.4 Å². The topological polar surface area (TPSA) is 55.1 Å². The molecule has 0 aliphatic heterocycles. The minimum absolute atomic E-state index is 0.0572. The minimum atomic E-state index is -0.0572. The summed E-state index contributed by atoms with van der Waals surface area (Å²) in [4.78, 5) is 15.8. The molecule has 19 heavy (non-hydrogen) atoms. The number of aromatic nitrogens is 1. The van der Waals surface area contributed by atoms with Gasteiger partial charge in [-0.2, -0.15) is 0 Å². The second-order valence-corrected chi connectivity index (χ2v) is 5.98. The van der Waals surface area contributed by atoms with Crippen molar-refractivity contribution in [3.8, 4) is 0 Å². The molecule has 1 aromatic rings. The lowest BCUT2D eigenvalue weighted by molar-refractivity contribution is -0.121. The summed E-state index contributed by atoms with van der Waals surface area (Å²) in [5, 5.41) is 2.91. The highest BCUT2D eigenvalue weighted by atomic mass is 16.4. The van der Waals surface area contributed by atoms with E-state index in [9.17, 15) is 4.79 Å². The number of carbonyl (C=O) groups excluding carboxylic acids is 1. The Hall–Kier alpha value is -1.32. The van der Waals surface area contributed by atoms with E-state index in [0.29, 0.717) is 13.0 Å².